The first-order chi connectivity index (χ1) is 10.3. The van der Waals surface area contributed by atoms with E-state index in [2.05, 4.69) is 20.6 Å². The van der Waals surface area contributed by atoms with Crippen LogP contribution >= 0.6 is 11.6 Å². The maximum absolute atomic E-state index is 12.1. The average molecular weight is 319 g/mol. The van der Waals surface area contributed by atoms with E-state index >= 15 is 0 Å². The van der Waals surface area contributed by atoms with Crippen molar-refractivity contribution < 1.29 is 4.79 Å². The summed E-state index contributed by atoms with van der Waals surface area (Å²) in [6.07, 6.45) is 1.36. The molecule has 2 aromatic rings. The van der Waals surface area contributed by atoms with Crippen LogP contribution in [0, 0.1) is 6.92 Å². The normalized spacial score (nSPS) is 11.1. The lowest BCUT2D eigenvalue weighted by atomic mass is 10.1. The number of hydrogen-bond acceptors (Lipinski definition) is 4. The van der Waals surface area contributed by atoms with Crippen LogP contribution in [0.15, 0.2) is 30.6 Å². The predicted octanol–water partition coefficient (Wildman–Crippen LogP) is 3.71. The minimum absolute atomic E-state index is 0.235. The van der Waals surface area contributed by atoms with Crippen molar-refractivity contribution in [2.24, 2.45) is 0 Å². The summed E-state index contributed by atoms with van der Waals surface area (Å²) < 4.78 is 0. The highest BCUT2D eigenvalue weighted by molar-refractivity contribution is 6.31. The van der Waals surface area contributed by atoms with Crippen molar-refractivity contribution in [3.63, 3.8) is 0 Å². The fraction of sp³-hybridized carbons (Fsp3) is 0.312. The zero-order chi connectivity index (χ0) is 16.3. The number of rotatable bonds is 3. The van der Waals surface area contributed by atoms with E-state index < -0.39 is 0 Å². The molecule has 1 aromatic heterocycles. The van der Waals surface area contributed by atoms with Gasteiger partial charge in [-0.2, -0.15) is 0 Å². The van der Waals surface area contributed by atoms with Crippen molar-refractivity contribution in [2.45, 2.75) is 33.2 Å². The van der Waals surface area contributed by atoms with Gasteiger partial charge in [0, 0.05) is 22.3 Å². The molecule has 0 aliphatic carbocycles. The van der Waals surface area contributed by atoms with Crippen LogP contribution in [0.3, 0.4) is 0 Å². The highest BCUT2D eigenvalue weighted by atomic mass is 35.5. The third kappa shape index (κ3) is 4.18. The van der Waals surface area contributed by atoms with Gasteiger partial charge in [0.15, 0.2) is 0 Å². The summed E-state index contributed by atoms with van der Waals surface area (Å²) in [5.74, 6) is 0.306. The Labute approximate surface area is 135 Å². The molecule has 0 saturated heterocycles. The van der Waals surface area contributed by atoms with E-state index in [4.69, 9.17) is 11.6 Å². The van der Waals surface area contributed by atoms with Crippen LogP contribution in [0.2, 0.25) is 5.02 Å². The molecule has 22 heavy (non-hydrogen) atoms. The first-order valence-corrected chi connectivity index (χ1v) is 7.31. The maximum atomic E-state index is 12.1. The van der Waals surface area contributed by atoms with Crippen molar-refractivity contribution in [3.8, 4) is 0 Å². The fourth-order valence-corrected chi connectivity index (χ4v) is 2.01. The lowest BCUT2D eigenvalue weighted by molar-refractivity contribution is 0.0914. The van der Waals surface area contributed by atoms with Gasteiger partial charge in [0.25, 0.3) is 5.91 Å². The van der Waals surface area contributed by atoms with Crippen LogP contribution < -0.4 is 10.6 Å². The molecule has 0 fully saturated rings. The predicted molar refractivity (Wildman–Crippen MR) is 88.7 cm³/mol. The van der Waals surface area contributed by atoms with Gasteiger partial charge in [-0.15, -0.1) is 0 Å². The molecule has 2 N–H and O–H groups in total. The molecule has 0 bridgehead atoms. The van der Waals surface area contributed by atoms with E-state index in [1.165, 1.54) is 6.33 Å². The number of carbonyl (C=O) groups is 1. The first kappa shape index (κ1) is 16.2. The van der Waals surface area contributed by atoms with Gasteiger partial charge in [-0.05, 0) is 45.4 Å². The van der Waals surface area contributed by atoms with Crippen LogP contribution in [0.5, 0.6) is 0 Å². The molecule has 116 valence electrons. The summed E-state index contributed by atoms with van der Waals surface area (Å²) in [5, 5.41) is 6.70. The molecular formula is C16H19ClN4O. The summed E-state index contributed by atoms with van der Waals surface area (Å²) in [6.45, 7) is 7.67. The number of nitrogens with zero attached hydrogens (tertiary/aromatic N) is 2. The molecule has 1 heterocycles. The molecule has 0 atom stereocenters. The van der Waals surface area contributed by atoms with Crippen molar-refractivity contribution >= 4 is 29.0 Å². The largest absolute Gasteiger partial charge is 0.346 e. The van der Waals surface area contributed by atoms with Crippen molar-refractivity contribution in [1.82, 2.24) is 15.3 Å². The molecule has 6 heteroatoms. The molecule has 0 saturated carbocycles. The van der Waals surface area contributed by atoms with Crippen molar-refractivity contribution in [2.75, 3.05) is 5.32 Å². The molecule has 1 aromatic carbocycles. The molecule has 0 aliphatic heterocycles. The number of halogens is 1. The van der Waals surface area contributed by atoms with Crippen LogP contribution in [0.1, 0.15) is 36.8 Å². The molecule has 0 aliphatic rings. The Kier molecular flexibility index (Phi) is 4.66. The lowest BCUT2D eigenvalue weighted by Gasteiger charge is -2.20. The Bertz CT molecular complexity index is 695. The number of carbonyl (C=O) groups excluding carboxylic acids is 1. The molecule has 0 spiro atoms. The summed E-state index contributed by atoms with van der Waals surface area (Å²) in [6, 6.07) is 7.19. The Balaban J connectivity index is 2.22. The minimum atomic E-state index is -0.320. The van der Waals surface area contributed by atoms with E-state index in [0.29, 0.717) is 16.5 Å². The fourth-order valence-electron chi connectivity index (χ4n) is 1.84. The lowest BCUT2D eigenvalue weighted by Crippen LogP contribution is -2.40. The SMILES string of the molecule is Cc1c(Cl)cccc1Nc1cc(C(=O)NC(C)(C)C)ncn1. The summed E-state index contributed by atoms with van der Waals surface area (Å²) in [4.78, 5) is 20.3. The molecule has 0 unspecified atom stereocenters. The van der Waals surface area contributed by atoms with Gasteiger partial charge >= 0.3 is 0 Å². The Hall–Kier alpha value is -2.14. The van der Waals surface area contributed by atoms with E-state index in [1.54, 1.807) is 6.07 Å². The van der Waals surface area contributed by atoms with Gasteiger partial charge < -0.3 is 10.6 Å². The zero-order valence-corrected chi connectivity index (χ0v) is 13.8. The third-order valence-electron chi connectivity index (χ3n) is 2.92. The van der Waals surface area contributed by atoms with Gasteiger partial charge in [0.1, 0.15) is 17.8 Å². The second-order valence-electron chi connectivity index (χ2n) is 6.03. The van der Waals surface area contributed by atoms with E-state index in [0.717, 1.165) is 11.3 Å². The average Bonchev–Trinajstić information content (AvgIpc) is 2.42. The van der Waals surface area contributed by atoms with Gasteiger partial charge in [0.05, 0.1) is 0 Å². The van der Waals surface area contributed by atoms with Crippen LogP contribution in [-0.4, -0.2) is 21.4 Å². The third-order valence-corrected chi connectivity index (χ3v) is 3.33. The van der Waals surface area contributed by atoms with E-state index in [1.807, 2.05) is 45.9 Å². The van der Waals surface area contributed by atoms with Crippen molar-refractivity contribution in [3.05, 3.63) is 46.9 Å². The van der Waals surface area contributed by atoms with Crippen LogP contribution in [0.4, 0.5) is 11.5 Å². The van der Waals surface area contributed by atoms with Gasteiger partial charge in [-0.25, -0.2) is 9.97 Å². The quantitative estimate of drug-likeness (QED) is 0.905. The Morgan fingerprint density at radius 2 is 1.95 bits per heavy atom. The minimum Gasteiger partial charge on any atom is -0.346 e. The second kappa shape index (κ2) is 6.32. The van der Waals surface area contributed by atoms with E-state index in [9.17, 15) is 4.79 Å². The molecule has 1 amide bonds. The Morgan fingerprint density at radius 1 is 1.23 bits per heavy atom. The molecule has 5 nitrogen and oxygen atoms in total. The van der Waals surface area contributed by atoms with Gasteiger partial charge in [0.2, 0.25) is 0 Å². The summed E-state index contributed by atoms with van der Waals surface area (Å²) in [5.41, 5.74) is 1.75. The topological polar surface area (TPSA) is 66.9 Å². The number of amides is 1. The molecular weight excluding hydrogens is 300 g/mol. The maximum Gasteiger partial charge on any atom is 0.270 e. The van der Waals surface area contributed by atoms with Gasteiger partial charge in [-0.3, -0.25) is 4.79 Å². The monoisotopic (exact) mass is 318 g/mol. The number of aromatic nitrogens is 2. The number of hydrogen-bond donors (Lipinski definition) is 2. The highest BCUT2D eigenvalue weighted by Gasteiger charge is 2.17. The summed E-state index contributed by atoms with van der Waals surface area (Å²) >= 11 is 6.10. The van der Waals surface area contributed by atoms with Crippen molar-refractivity contribution in [1.29, 1.82) is 0 Å². The van der Waals surface area contributed by atoms with E-state index in [-0.39, 0.29) is 11.4 Å². The second-order valence-corrected chi connectivity index (χ2v) is 6.44. The number of anilines is 2. The number of nitrogens with one attached hydrogen (secondary N) is 2. The Morgan fingerprint density at radius 3 is 2.64 bits per heavy atom. The standard InChI is InChI=1S/C16H19ClN4O/c1-10-11(17)6-5-7-12(10)20-14-8-13(18-9-19-14)15(22)21-16(2,3)4/h5-9H,1-4H3,(H,21,22)(H,18,19,20). The zero-order valence-electron chi connectivity index (χ0n) is 13.1. The number of benzene rings is 1. The highest BCUT2D eigenvalue weighted by Crippen LogP contribution is 2.25. The summed E-state index contributed by atoms with van der Waals surface area (Å²) in [7, 11) is 0. The molecule has 0 radical (unpaired) electrons. The van der Waals surface area contributed by atoms with Gasteiger partial charge in [-0.1, -0.05) is 17.7 Å². The smallest absolute Gasteiger partial charge is 0.270 e. The molecule has 2 rings (SSSR count). The van der Waals surface area contributed by atoms with Crippen LogP contribution in [-0.2, 0) is 0 Å². The first-order valence-electron chi connectivity index (χ1n) is 6.93. The van der Waals surface area contributed by atoms with Crippen LogP contribution in [0.25, 0.3) is 0 Å².